The first-order chi connectivity index (χ1) is 11.2. The maximum Gasteiger partial charge on any atom is 0.499 e. The molecule has 0 saturated carbocycles. The third-order valence-corrected chi connectivity index (χ3v) is 6.00. The number of halogens is 5. The third-order valence-electron chi connectivity index (χ3n) is 4.38. The molecule has 2 aliphatic heterocycles. The molecule has 2 aliphatic rings. The lowest BCUT2D eigenvalue weighted by molar-refractivity contribution is -0.360. The number of carbonyl (C=O) groups is 1. The second-order valence-electron chi connectivity index (χ2n) is 6.13. The van der Waals surface area contributed by atoms with E-state index in [0.717, 1.165) is 37.8 Å². The van der Waals surface area contributed by atoms with Crippen molar-refractivity contribution in [2.45, 2.75) is 48.5 Å². The predicted octanol–water partition coefficient (Wildman–Crippen LogP) is 5.08. The number of benzene rings is 1. The van der Waals surface area contributed by atoms with E-state index < -0.39 is 18.0 Å². The number of rotatable bonds is 4. The second-order valence-corrected chi connectivity index (χ2v) is 7.74. The molecule has 2 atom stereocenters. The first-order valence-electron chi connectivity index (χ1n) is 7.59. The Bertz CT molecular complexity index is 602. The van der Waals surface area contributed by atoms with Crippen LogP contribution in [0.1, 0.15) is 36.0 Å². The van der Waals surface area contributed by atoms with Gasteiger partial charge in [-0.2, -0.15) is 33.7 Å². The van der Waals surface area contributed by atoms with Crippen LogP contribution in [0.4, 0.5) is 22.0 Å². The number of hydrogen-bond donors (Lipinski definition) is 0. The number of thioether (sulfide) groups is 1. The Balaban J connectivity index is 1.67. The van der Waals surface area contributed by atoms with Gasteiger partial charge in [0.2, 0.25) is 0 Å². The molecule has 0 N–H and O–H groups in total. The predicted molar refractivity (Wildman–Crippen MR) is 79.5 cm³/mol. The number of fused-ring (bicyclic) bond motifs is 2. The van der Waals surface area contributed by atoms with E-state index in [9.17, 15) is 26.7 Å². The van der Waals surface area contributed by atoms with E-state index >= 15 is 0 Å². The maximum atomic E-state index is 12.8. The lowest BCUT2D eigenvalue weighted by atomic mass is 9.90. The van der Waals surface area contributed by atoms with Gasteiger partial charge in [-0.1, -0.05) is 0 Å². The summed E-state index contributed by atoms with van der Waals surface area (Å²) >= 11 is 1.92. The monoisotopic (exact) mass is 366 g/mol. The van der Waals surface area contributed by atoms with Gasteiger partial charge in [0.05, 0.1) is 0 Å². The fraction of sp³-hybridized carbons (Fsp3) is 0.562. The molecule has 0 aliphatic carbocycles. The Morgan fingerprint density at radius 3 is 2.04 bits per heavy atom. The van der Waals surface area contributed by atoms with Crippen LogP contribution >= 0.6 is 11.8 Å². The molecule has 8 heteroatoms. The molecule has 2 fully saturated rings. The lowest BCUT2D eigenvalue weighted by Gasteiger charge is -2.26. The molecular formula is C16H15F5O2S. The highest BCUT2D eigenvalue weighted by Gasteiger charge is 2.61. The molecule has 2 bridgehead atoms. The molecule has 132 valence electrons. The molecule has 0 aromatic heterocycles. The zero-order valence-corrected chi connectivity index (χ0v) is 13.3. The Labute approximate surface area is 139 Å². The van der Waals surface area contributed by atoms with Gasteiger partial charge in [0.25, 0.3) is 0 Å². The average molecular weight is 366 g/mol. The second kappa shape index (κ2) is 6.20. The normalized spacial score (nSPS) is 27.1. The van der Waals surface area contributed by atoms with E-state index in [1.807, 2.05) is 11.8 Å². The van der Waals surface area contributed by atoms with Gasteiger partial charge in [-0.05, 0) is 49.9 Å². The van der Waals surface area contributed by atoms with Crippen molar-refractivity contribution in [1.29, 1.82) is 0 Å². The minimum Gasteiger partial charge on any atom is -0.426 e. The number of ether oxygens (including phenoxy) is 1. The molecule has 2 nitrogen and oxygen atoms in total. The lowest BCUT2D eigenvalue weighted by Crippen LogP contribution is -2.41. The molecule has 0 radical (unpaired) electrons. The summed E-state index contributed by atoms with van der Waals surface area (Å²) in [5.41, 5.74) is 0.314. The van der Waals surface area contributed by atoms with Crippen LogP contribution in [0, 0.1) is 5.92 Å². The summed E-state index contributed by atoms with van der Waals surface area (Å²) < 4.78 is 65.8. The highest BCUT2D eigenvalue weighted by atomic mass is 32.2. The maximum absolute atomic E-state index is 12.8. The summed E-state index contributed by atoms with van der Waals surface area (Å²) in [6.45, 7) is 0. The van der Waals surface area contributed by atoms with Gasteiger partial charge in [-0.15, -0.1) is 0 Å². The van der Waals surface area contributed by atoms with Crippen molar-refractivity contribution < 1.29 is 31.5 Å². The summed E-state index contributed by atoms with van der Waals surface area (Å²) in [6, 6.07) is 4.43. The first-order valence-corrected chi connectivity index (χ1v) is 8.53. The molecule has 3 rings (SSSR count). The van der Waals surface area contributed by atoms with Crippen molar-refractivity contribution in [2.75, 3.05) is 0 Å². The van der Waals surface area contributed by atoms with E-state index in [-0.39, 0.29) is 11.7 Å². The standard InChI is InChI=1S/C16H15F5O2S/c17-15(18,19)16(20,21)23-11-3-1-9(2-4-11)14(22)10-7-12-5-6-13(8-10)24-12/h1-4,10,12-13H,5-8H2. The van der Waals surface area contributed by atoms with Gasteiger partial charge in [-0.25, -0.2) is 0 Å². The summed E-state index contributed by atoms with van der Waals surface area (Å²) in [5.74, 6) is -0.818. The number of alkyl halides is 5. The van der Waals surface area contributed by atoms with Crippen molar-refractivity contribution in [3.63, 3.8) is 0 Å². The van der Waals surface area contributed by atoms with Gasteiger partial charge in [-0.3, -0.25) is 4.79 Å². The summed E-state index contributed by atoms with van der Waals surface area (Å²) in [7, 11) is 0. The van der Waals surface area contributed by atoms with Crippen LogP contribution in [0.5, 0.6) is 5.75 Å². The minimum atomic E-state index is -5.79. The third kappa shape index (κ3) is 3.53. The van der Waals surface area contributed by atoms with Crippen molar-refractivity contribution in [3.8, 4) is 5.75 Å². The molecular weight excluding hydrogens is 351 g/mol. The van der Waals surface area contributed by atoms with E-state index in [1.165, 1.54) is 12.1 Å². The molecule has 0 amide bonds. The number of Topliss-reactive ketones (excluding diaryl/α,β-unsaturated/α-hetero) is 1. The van der Waals surface area contributed by atoms with E-state index in [0.29, 0.717) is 16.1 Å². The smallest absolute Gasteiger partial charge is 0.426 e. The van der Waals surface area contributed by atoms with Crippen LogP contribution in [-0.2, 0) is 0 Å². The summed E-state index contributed by atoms with van der Waals surface area (Å²) in [4.78, 5) is 12.5. The Kier molecular flexibility index (Phi) is 4.53. The Hall–Kier alpha value is -1.31. The summed E-state index contributed by atoms with van der Waals surface area (Å²) in [6.07, 6.45) is -7.25. The molecule has 2 unspecified atom stereocenters. The fourth-order valence-corrected chi connectivity index (χ4v) is 4.98. The van der Waals surface area contributed by atoms with E-state index in [1.54, 1.807) is 0 Å². The summed E-state index contributed by atoms with van der Waals surface area (Å²) in [5, 5.41) is 0.983. The van der Waals surface area contributed by atoms with Crippen molar-refractivity contribution in [1.82, 2.24) is 0 Å². The quantitative estimate of drug-likeness (QED) is 0.549. The van der Waals surface area contributed by atoms with Crippen LogP contribution in [-0.4, -0.2) is 28.6 Å². The molecule has 1 aromatic carbocycles. The van der Waals surface area contributed by atoms with Crippen LogP contribution < -0.4 is 4.74 Å². The average Bonchev–Trinajstić information content (AvgIpc) is 2.84. The van der Waals surface area contributed by atoms with Gasteiger partial charge in [0.1, 0.15) is 5.75 Å². The largest absolute Gasteiger partial charge is 0.499 e. The van der Waals surface area contributed by atoms with E-state index in [2.05, 4.69) is 4.74 Å². The zero-order valence-electron chi connectivity index (χ0n) is 12.5. The van der Waals surface area contributed by atoms with E-state index in [4.69, 9.17) is 0 Å². The Morgan fingerprint density at radius 2 is 1.54 bits per heavy atom. The minimum absolute atomic E-state index is 0.0821. The zero-order chi connectivity index (χ0) is 17.5. The fourth-order valence-electron chi connectivity index (χ4n) is 3.20. The van der Waals surface area contributed by atoms with Gasteiger partial charge < -0.3 is 4.74 Å². The van der Waals surface area contributed by atoms with Crippen LogP contribution in [0.25, 0.3) is 0 Å². The van der Waals surface area contributed by atoms with Gasteiger partial charge in [0.15, 0.2) is 5.78 Å². The molecule has 2 saturated heterocycles. The van der Waals surface area contributed by atoms with Crippen molar-refractivity contribution in [3.05, 3.63) is 29.8 Å². The highest BCUT2D eigenvalue weighted by molar-refractivity contribution is 8.00. The molecule has 1 aromatic rings. The Morgan fingerprint density at radius 1 is 1.00 bits per heavy atom. The van der Waals surface area contributed by atoms with Crippen molar-refractivity contribution >= 4 is 17.5 Å². The van der Waals surface area contributed by atoms with Crippen LogP contribution in [0.2, 0.25) is 0 Å². The topological polar surface area (TPSA) is 26.3 Å². The van der Waals surface area contributed by atoms with Crippen LogP contribution in [0.15, 0.2) is 24.3 Å². The molecule has 24 heavy (non-hydrogen) atoms. The van der Waals surface area contributed by atoms with Gasteiger partial charge in [0, 0.05) is 22.0 Å². The van der Waals surface area contributed by atoms with Crippen LogP contribution in [0.3, 0.4) is 0 Å². The number of ketones is 1. The molecule has 2 heterocycles. The SMILES string of the molecule is O=C(c1ccc(OC(F)(F)C(F)(F)F)cc1)C1CC2CCC(C1)S2. The highest BCUT2D eigenvalue weighted by Crippen LogP contribution is 2.46. The van der Waals surface area contributed by atoms with Gasteiger partial charge >= 0.3 is 12.3 Å². The van der Waals surface area contributed by atoms with Crippen molar-refractivity contribution in [2.24, 2.45) is 5.92 Å². The molecule has 0 spiro atoms. The number of carbonyl (C=O) groups excluding carboxylic acids is 1. The number of hydrogen-bond acceptors (Lipinski definition) is 3. The first kappa shape index (κ1) is 17.5.